The third-order valence-corrected chi connectivity index (χ3v) is 2.72. The first-order valence-corrected chi connectivity index (χ1v) is 6.36. The molecule has 0 saturated carbocycles. The molecule has 0 amide bonds. The maximum Gasteiger partial charge on any atom is 0.0205 e. The Morgan fingerprint density at radius 1 is 0.875 bits per heavy atom. The highest BCUT2D eigenvalue weighted by molar-refractivity contribution is 5.22. The van der Waals surface area contributed by atoms with Gasteiger partial charge in [-0.05, 0) is 43.6 Å². The third-order valence-electron chi connectivity index (χ3n) is 2.72. The van der Waals surface area contributed by atoms with Crippen molar-refractivity contribution in [3.63, 3.8) is 0 Å². The van der Waals surface area contributed by atoms with Gasteiger partial charge < -0.3 is 10.6 Å². The molecule has 0 aromatic heterocycles. The Bertz CT molecular complexity index is 267. The van der Waals surface area contributed by atoms with Gasteiger partial charge >= 0.3 is 0 Å². The molecule has 0 aliphatic carbocycles. The summed E-state index contributed by atoms with van der Waals surface area (Å²) in [7, 11) is 0. The van der Waals surface area contributed by atoms with E-state index in [1.807, 2.05) is 0 Å². The molecule has 16 heavy (non-hydrogen) atoms. The lowest BCUT2D eigenvalue weighted by Crippen LogP contribution is -2.21. The minimum absolute atomic E-state index is 0.982. The molecule has 0 heterocycles. The molecular formula is C14H24N2. The van der Waals surface area contributed by atoms with Crippen molar-refractivity contribution in [2.24, 2.45) is 0 Å². The van der Waals surface area contributed by atoms with Crippen molar-refractivity contribution < 1.29 is 0 Å². The second-order valence-electron chi connectivity index (χ2n) is 4.05. The zero-order valence-corrected chi connectivity index (χ0v) is 10.6. The van der Waals surface area contributed by atoms with Crippen LogP contribution >= 0.6 is 0 Å². The topological polar surface area (TPSA) is 24.1 Å². The Labute approximate surface area is 99.5 Å². The monoisotopic (exact) mass is 220 g/mol. The first-order valence-electron chi connectivity index (χ1n) is 6.36. The van der Waals surface area contributed by atoms with E-state index in [1.165, 1.54) is 17.5 Å². The van der Waals surface area contributed by atoms with Crippen LogP contribution in [0.4, 0.5) is 0 Å². The molecule has 0 aliphatic rings. The van der Waals surface area contributed by atoms with Gasteiger partial charge in [0.25, 0.3) is 0 Å². The van der Waals surface area contributed by atoms with Crippen LogP contribution in [0.1, 0.15) is 31.4 Å². The van der Waals surface area contributed by atoms with Crippen molar-refractivity contribution >= 4 is 0 Å². The van der Waals surface area contributed by atoms with Crippen LogP contribution in [0.5, 0.6) is 0 Å². The Morgan fingerprint density at radius 3 is 2.12 bits per heavy atom. The maximum absolute atomic E-state index is 3.46. The zero-order valence-electron chi connectivity index (χ0n) is 10.6. The number of hydrogen-bond donors (Lipinski definition) is 2. The van der Waals surface area contributed by atoms with Gasteiger partial charge in [0.05, 0.1) is 0 Å². The summed E-state index contributed by atoms with van der Waals surface area (Å²) in [6.07, 6.45) is 2.32. The molecule has 0 radical (unpaired) electrons. The number of nitrogens with one attached hydrogen (secondary N) is 2. The van der Waals surface area contributed by atoms with Crippen LogP contribution in [0.15, 0.2) is 24.3 Å². The average Bonchev–Trinajstić information content (AvgIpc) is 2.34. The van der Waals surface area contributed by atoms with Crippen molar-refractivity contribution in [3.05, 3.63) is 35.4 Å². The molecule has 0 aliphatic heterocycles. The van der Waals surface area contributed by atoms with Crippen LogP contribution in [0.3, 0.4) is 0 Å². The van der Waals surface area contributed by atoms with Crippen LogP contribution in [0.2, 0.25) is 0 Å². The molecular weight excluding hydrogens is 196 g/mol. The maximum atomic E-state index is 3.46. The van der Waals surface area contributed by atoms with Gasteiger partial charge in [0.2, 0.25) is 0 Å². The normalized spacial score (nSPS) is 10.6. The summed E-state index contributed by atoms with van der Waals surface area (Å²) in [5, 5.41) is 6.78. The quantitative estimate of drug-likeness (QED) is 0.657. The molecule has 1 aromatic rings. The van der Waals surface area contributed by atoms with E-state index in [0.29, 0.717) is 0 Å². The molecule has 0 atom stereocenters. The number of hydrogen-bond acceptors (Lipinski definition) is 2. The third kappa shape index (κ3) is 5.29. The SMILES string of the molecule is CCNCCCNCc1ccc(CC)cc1. The zero-order chi connectivity index (χ0) is 11.6. The van der Waals surface area contributed by atoms with Crippen molar-refractivity contribution in [1.29, 1.82) is 0 Å². The van der Waals surface area contributed by atoms with Gasteiger partial charge in [0.15, 0.2) is 0 Å². The highest BCUT2D eigenvalue weighted by Crippen LogP contribution is 2.04. The van der Waals surface area contributed by atoms with Gasteiger partial charge in [-0.1, -0.05) is 38.1 Å². The van der Waals surface area contributed by atoms with Crippen molar-refractivity contribution in [2.45, 2.75) is 33.2 Å². The number of benzene rings is 1. The van der Waals surface area contributed by atoms with Crippen LogP contribution in [0, 0.1) is 0 Å². The van der Waals surface area contributed by atoms with Crippen molar-refractivity contribution in [1.82, 2.24) is 10.6 Å². The minimum atomic E-state index is 0.982. The largest absolute Gasteiger partial charge is 0.317 e. The smallest absolute Gasteiger partial charge is 0.0205 e. The summed E-state index contributed by atoms with van der Waals surface area (Å²) in [4.78, 5) is 0. The predicted octanol–water partition coefficient (Wildman–Crippen LogP) is 2.34. The van der Waals surface area contributed by atoms with Crippen LogP contribution < -0.4 is 10.6 Å². The number of rotatable bonds is 8. The first kappa shape index (κ1) is 13.2. The van der Waals surface area contributed by atoms with E-state index in [9.17, 15) is 0 Å². The molecule has 1 aromatic carbocycles. The lowest BCUT2D eigenvalue weighted by atomic mass is 10.1. The molecule has 0 fully saturated rings. The minimum Gasteiger partial charge on any atom is -0.317 e. The van der Waals surface area contributed by atoms with E-state index in [2.05, 4.69) is 48.7 Å². The second kappa shape index (κ2) is 8.31. The Kier molecular flexibility index (Phi) is 6.86. The standard InChI is InChI=1S/C14H24N2/c1-3-13-6-8-14(9-7-13)12-16-11-5-10-15-4-2/h6-9,15-16H,3-5,10-12H2,1-2H3. The number of aryl methyl sites for hydroxylation is 1. The fraction of sp³-hybridized carbons (Fsp3) is 0.571. The Morgan fingerprint density at radius 2 is 1.50 bits per heavy atom. The first-order chi connectivity index (χ1) is 7.86. The highest BCUT2D eigenvalue weighted by Gasteiger charge is 1.93. The van der Waals surface area contributed by atoms with Gasteiger partial charge in [-0.3, -0.25) is 0 Å². The average molecular weight is 220 g/mol. The second-order valence-corrected chi connectivity index (χ2v) is 4.05. The molecule has 0 spiro atoms. The van der Waals surface area contributed by atoms with Crippen molar-refractivity contribution in [2.75, 3.05) is 19.6 Å². The summed E-state index contributed by atoms with van der Waals surface area (Å²) in [5.41, 5.74) is 2.79. The van der Waals surface area contributed by atoms with Gasteiger partial charge in [0, 0.05) is 6.54 Å². The van der Waals surface area contributed by atoms with E-state index in [4.69, 9.17) is 0 Å². The molecule has 0 bridgehead atoms. The predicted molar refractivity (Wildman–Crippen MR) is 70.7 cm³/mol. The lowest BCUT2D eigenvalue weighted by Gasteiger charge is -2.06. The Hall–Kier alpha value is -0.860. The van der Waals surface area contributed by atoms with Gasteiger partial charge in [-0.2, -0.15) is 0 Å². The molecule has 2 N–H and O–H groups in total. The van der Waals surface area contributed by atoms with Gasteiger partial charge in [-0.25, -0.2) is 0 Å². The van der Waals surface area contributed by atoms with Crippen LogP contribution in [-0.2, 0) is 13.0 Å². The van der Waals surface area contributed by atoms with Crippen LogP contribution in [0.25, 0.3) is 0 Å². The summed E-state index contributed by atoms with van der Waals surface area (Å²) in [5.74, 6) is 0. The fourth-order valence-corrected chi connectivity index (χ4v) is 1.64. The van der Waals surface area contributed by atoms with Gasteiger partial charge in [0.1, 0.15) is 0 Å². The van der Waals surface area contributed by atoms with Crippen LogP contribution in [-0.4, -0.2) is 19.6 Å². The highest BCUT2D eigenvalue weighted by atomic mass is 14.9. The van der Waals surface area contributed by atoms with E-state index in [1.54, 1.807) is 0 Å². The lowest BCUT2D eigenvalue weighted by molar-refractivity contribution is 0.606. The summed E-state index contributed by atoms with van der Waals surface area (Å²) >= 11 is 0. The van der Waals surface area contributed by atoms with Crippen molar-refractivity contribution in [3.8, 4) is 0 Å². The van der Waals surface area contributed by atoms with E-state index < -0.39 is 0 Å². The van der Waals surface area contributed by atoms with E-state index >= 15 is 0 Å². The summed E-state index contributed by atoms with van der Waals surface area (Å²) < 4.78 is 0. The van der Waals surface area contributed by atoms with Gasteiger partial charge in [-0.15, -0.1) is 0 Å². The van der Waals surface area contributed by atoms with E-state index in [0.717, 1.165) is 32.6 Å². The fourth-order valence-electron chi connectivity index (χ4n) is 1.64. The Balaban J connectivity index is 2.12. The summed E-state index contributed by atoms with van der Waals surface area (Å²) in [6.45, 7) is 8.58. The molecule has 1 rings (SSSR count). The molecule has 2 nitrogen and oxygen atoms in total. The molecule has 90 valence electrons. The molecule has 0 unspecified atom stereocenters. The molecule has 0 saturated heterocycles. The molecule has 2 heteroatoms. The summed E-state index contributed by atoms with van der Waals surface area (Å²) in [6, 6.07) is 8.87. The van der Waals surface area contributed by atoms with E-state index in [-0.39, 0.29) is 0 Å².